The van der Waals surface area contributed by atoms with Gasteiger partial charge >= 0.3 is 33.3 Å². The predicted molar refractivity (Wildman–Crippen MR) is 104 cm³/mol. The molecule has 0 aromatic rings. The molecule has 2 atom stereocenters. The lowest BCUT2D eigenvalue weighted by Gasteiger charge is -2.41. The molecule has 0 saturated heterocycles. The molecular formula is C18H28F7NO7S. The number of carbonyl (C=O) groups is 1. The van der Waals surface area contributed by atoms with Crippen LogP contribution in [0.4, 0.5) is 30.7 Å². The van der Waals surface area contributed by atoms with E-state index in [0.29, 0.717) is 4.90 Å². The summed E-state index contributed by atoms with van der Waals surface area (Å²) < 4.78 is 135. The van der Waals surface area contributed by atoms with E-state index in [1.54, 1.807) is 0 Å². The summed E-state index contributed by atoms with van der Waals surface area (Å²) in [7, 11) is -6.55. The first kappa shape index (κ1) is 32.5. The number of carbonyl (C=O) groups excluding carboxylic acids is 1. The standard InChI is InChI=1S/C18H28F7NO7S/c1-10(2)13(27)33-16(17(21,22)23,14(28)26(11(3)4)12(5)6)32-9-7-8-15(19,20)18(24,25)34(29,30)31/h11-13,27H,1,7-9H2,2-6H3,(H,29,30,31). The summed E-state index contributed by atoms with van der Waals surface area (Å²) in [6.07, 6.45) is -11.5. The van der Waals surface area contributed by atoms with E-state index in [0.717, 1.165) is 6.92 Å². The van der Waals surface area contributed by atoms with Crippen molar-refractivity contribution in [2.45, 2.75) is 89.0 Å². The van der Waals surface area contributed by atoms with Crippen LogP contribution in [0.3, 0.4) is 0 Å². The van der Waals surface area contributed by atoms with Crippen LogP contribution in [0.2, 0.25) is 0 Å². The van der Waals surface area contributed by atoms with Gasteiger partial charge in [0.25, 0.3) is 5.91 Å². The highest BCUT2D eigenvalue weighted by Gasteiger charge is 2.67. The maximum absolute atomic E-state index is 14.1. The Morgan fingerprint density at radius 1 is 1.03 bits per heavy atom. The third-order valence-electron chi connectivity index (χ3n) is 4.39. The third kappa shape index (κ3) is 7.02. The van der Waals surface area contributed by atoms with E-state index in [9.17, 15) is 49.1 Å². The number of halogens is 7. The van der Waals surface area contributed by atoms with Gasteiger partial charge in [-0.05, 0) is 46.6 Å². The first-order valence-electron chi connectivity index (χ1n) is 9.73. The van der Waals surface area contributed by atoms with Crippen LogP contribution in [0.15, 0.2) is 12.2 Å². The minimum Gasteiger partial charge on any atom is -0.364 e. The Morgan fingerprint density at radius 3 is 1.79 bits per heavy atom. The number of ether oxygens (including phenoxy) is 2. The Labute approximate surface area is 192 Å². The topological polar surface area (TPSA) is 113 Å². The van der Waals surface area contributed by atoms with Crippen molar-refractivity contribution >= 4 is 16.0 Å². The van der Waals surface area contributed by atoms with Crippen LogP contribution in [-0.4, -0.2) is 77.0 Å². The first-order chi connectivity index (χ1) is 15.0. The van der Waals surface area contributed by atoms with Crippen LogP contribution in [-0.2, 0) is 24.4 Å². The summed E-state index contributed by atoms with van der Waals surface area (Å²) in [5.41, 5.74) is -0.384. The number of rotatable bonds is 13. The largest absolute Gasteiger partial charge is 0.453 e. The van der Waals surface area contributed by atoms with Crippen molar-refractivity contribution in [1.29, 1.82) is 0 Å². The van der Waals surface area contributed by atoms with Gasteiger partial charge in [0.2, 0.25) is 0 Å². The molecule has 0 spiro atoms. The van der Waals surface area contributed by atoms with Crippen molar-refractivity contribution in [2.24, 2.45) is 0 Å². The van der Waals surface area contributed by atoms with Gasteiger partial charge in [0.15, 0.2) is 6.29 Å². The van der Waals surface area contributed by atoms with E-state index in [4.69, 9.17) is 4.55 Å². The molecule has 202 valence electrons. The van der Waals surface area contributed by atoms with Gasteiger partial charge in [0.1, 0.15) is 0 Å². The SMILES string of the molecule is C=C(C)C(O)OC(OCCCC(F)(F)C(F)(F)S(=O)(=O)O)(C(=O)N(C(C)C)C(C)C)C(F)(F)F. The van der Waals surface area contributed by atoms with E-state index in [1.807, 2.05) is 0 Å². The molecular weight excluding hydrogens is 507 g/mol. The monoisotopic (exact) mass is 535 g/mol. The smallest absolute Gasteiger partial charge is 0.364 e. The Bertz CT molecular complexity index is 823. The number of alkyl halides is 7. The fraction of sp³-hybridized carbons (Fsp3) is 0.833. The average molecular weight is 535 g/mol. The maximum atomic E-state index is 14.1. The van der Waals surface area contributed by atoms with Crippen molar-refractivity contribution in [3.05, 3.63) is 12.2 Å². The van der Waals surface area contributed by atoms with Crippen molar-refractivity contribution in [3.8, 4) is 0 Å². The molecule has 2 unspecified atom stereocenters. The summed E-state index contributed by atoms with van der Waals surface area (Å²) in [4.78, 5) is 13.6. The number of aliphatic hydroxyl groups is 1. The van der Waals surface area contributed by atoms with Gasteiger partial charge in [0, 0.05) is 18.5 Å². The molecule has 0 saturated carbocycles. The van der Waals surface area contributed by atoms with Crippen molar-refractivity contribution in [3.63, 3.8) is 0 Å². The molecule has 2 N–H and O–H groups in total. The summed E-state index contributed by atoms with van der Waals surface area (Å²) in [5.74, 6) is -11.5. The number of hydrogen-bond donors (Lipinski definition) is 2. The van der Waals surface area contributed by atoms with Crippen LogP contribution in [0.5, 0.6) is 0 Å². The Kier molecular flexibility index (Phi) is 10.6. The molecule has 0 aliphatic rings. The second-order valence-electron chi connectivity index (χ2n) is 7.98. The second kappa shape index (κ2) is 11.1. The lowest BCUT2D eigenvalue weighted by molar-refractivity contribution is -0.388. The lowest BCUT2D eigenvalue weighted by Crippen LogP contribution is -2.65. The van der Waals surface area contributed by atoms with E-state index < -0.39 is 77.0 Å². The van der Waals surface area contributed by atoms with Gasteiger partial charge < -0.3 is 19.5 Å². The highest BCUT2D eigenvalue weighted by atomic mass is 32.2. The Morgan fingerprint density at radius 2 is 1.47 bits per heavy atom. The molecule has 0 radical (unpaired) electrons. The highest BCUT2D eigenvalue weighted by molar-refractivity contribution is 7.87. The second-order valence-corrected chi connectivity index (χ2v) is 9.44. The summed E-state index contributed by atoms with van der Waals surface area (Å²) >= 11 is 0. The zero-order valence-electron chi connectivity index (χ0n) is 19.0. The van der Waals surface area contributed by atoms with Gasteiger partial charge in [-0.1, -0.05) is 6.58 Å². The van der Waals surface area contributed by atoms with E-state index in [-0.39, 0.29) is 5.57 Å². The molecule has 16 heteroatoms. The highest BCUT2D eigenvalue weighted by Crippen LogP contribution is 2.42. The van der Waals surface area contributed by atoms with Gasteiger partial charge in [0.05, 0.1) is 6.61 Å². The zero-order valence-corrected chi connectivity index (χ0v) is 19.8. The van der Waals surface area contributed by atoms with Crippen LogP contribution in [0.1, 0.15) is 47.5 Å². The summed E-state index contributed by atoms with van der Waals surface area (Å²) in [6, 6.07) is -1.72. The van der Waals surface area contributed by atoms with Gasteiger partial charge in [-0.15, -0.1) is 0 Å². The number of aliphatic hydroxyl groups excluding tert-OH is 1. The van der Waals surface area contributed by atoms with E-state index in [1.165, 1.54) is 27.7 Å². The molecule has 1 amide bonds. The molecule has 0 aliphatic heterocycles. The number of amides is 1. The zero-order chi connectivity index (χ0) is 27.5. The van der Waals surface area contributed by atoms with Crippen LogP contribution < -0.4 is 0 Å². The molecule has 0 rings (SSSR count). The summed E-state index contributed by atoms with van der Waals surface area (Å²) in [6.45, 7) is 8.19. The molecule has 0 aromatic heterocycles. The normalized spacial score (nSPS) is 16.5. The van der Waals surface area contributed by atoms with Crippen molar-refractivity contribution in [1.82, 2.24) is 4.90 Å². The molecule has 34 heavy (non-hydrogen) atoms. The molecule has 0 aromatic carbocycles. The third-order valence-corrected chi connectivity index (χ3v) is 5.34. The van der Waals surface area contributed by atoms with E-state index >= 15 is 0 Å². The molecule has 0 bridgehead atoms. The van der Waals surface area contributed by atoms with Crippen LogP contribution in [0.25, 0.3) is 0 Å². The molecule has 0 aliphatic carbocycles. The quantitative estimate of drug-likeness (QED) is 0.122. The molecule has 0 fully saturated rings. The summed E-state index contributed by atoms with van der Waals surface area (Å²) in [5, 5.41) is 3.89. The minimum atomic E-state index is -6.55. The molecule has 0 heterocycles. The fourth-order valence-electron chi connectivity index (χ4n) is 2.75. The Hall–Kier alpha value is -1.49. The predicted octanol–water partition coefficient (Wildman–Crippen LogP) is 3.71. The van der Waals surface area contributed by atoms with Crippen LogP contribution in [0, 0.1) is 0 Å². The van der Waals surface area contributed by atoms with Crippen LogP contribution >= 0.6 is 0 Å². The van der Waals surface area contributed by atoms with Crippen molar-refractivity contribution < 1.29 is 63.1 Å². The number of nitrogens with zero attached hydrogens (tertiary/aromatic N) is 1. The molecule has 8 nitrogen and oxygen atoms in total. The van der Waals surface area contributed by atoms with Crippen molar-refractivity contribution in [2.75, 3.05) is 6.61 Å². The number of hydrogen-bond acceptors (Lipinski definition) is 6. The van der Waals surface area contributed by atoms with Gasteiger partial charge in [-0.2, -0.15) is 39.2 Å². The van der Waals surface area contributed by atoms with Gasteiger partial charge in [-0.3, -0.25) is 9.35 Å². The first-order valence-corrected chi connectivity index (χ1v) is 11.2. The van der Waals surface area contributed by atoms with E-state index in [2.05, 4.69) is 16.1 Å². The average Bonchev–Trinajstić information content (AvgIpc) is 2.60. The lowest BCUT2D eigenvalue weighted by atomic mass is 10.1. The maximum Gasteiger partial charge on any atom is 0.453 e. The Balaban J connectivity index is 6.16. The minimum absolute atomic E-state index is 0.384. The van der Waals surface area contributed by atoms with Gasteiger partial charge in [-0.25, -0.2) is 0 Å². The fourth-order valence-corrected chi connectivity index (χ4v) is 3.23.